The van der Waals surface area contributed by atoms with Crippen LogP contribution in [0.15, 0.2) is 16.7 Å². The minimum absolute atomic E-state index is 0.248. The van der Waals surface area contributed by atoms with E-state index in [4.69, 9.17) is 9.52 Å². The molecule has 0 spiro atoms. The molecule has 1 aliphatic carbocycles. The van der Waals surface area contributed by atoms with E-state index in [-0.39, 0.29) is 5.56 Å². The summed E-state index contributed by atoms with van der Waals surface area (Å²) in [5.41, 5.74) is 0.248. The lowest BCUT2D eigenvalue weighted by atomic mass is 9.91. The van der Waals surface area contributed by atoms with E-state index in [2.05, 4.69) is 6.92 Å². The highest BCUT2D eigenvalue weighted by Crippen LogP contribution is 2.33. The fraction of sp³-hybridized carbons (Fsp3) is 0.615. The van der Waals surface area contributed by atoms with Crippen LogP contribution in [0.2, 0.25) is 0 Å². The first-order chi connectivity index (χ1) is 8.15. The van der Waals surface area contributed by atoms with Gasteiger partial charge in [-0.2, -0.15) is 11.8 Å². The molecule has 1 saturated carbocycles. The smallest absolute Gasteiger partial charge is 0.338 e. The molecule has 0 aromatic carbocycles. The van der Waals surface area contributed by atoms with Crippen LogP contribution >= 0.6 is 11.8 Å². The van der Waals surface area contributed by atoms with Crippen molar-refractivity contribution in [3.05, 3.63) is 23.7 Å². The maximum absolute atomic E-state index is 10.7. The lowest BCUT2D eigenvalue weighted by Gasteiger charge is -2.25. The SMILES string of the molecule is CC1CCCC(SCc2cc(C(=O)O)co2)C1. The average molecular weight is 254 g/mol. The number of furan rings is 1. The summed E-state index contributed by atoms with van der Waals surface area (Å²) >= 11 is 1.89. The molecule has 0 radical (unpaired) electrons. The van der Waals surface area contributed by atoms with Crippen LogP contribution in [-0.2, 0) is 5.75 Å². The van der Waals surface area contributed by atoms with E-state index in [1.54, 1.807) is 6.07 Å². The van der Waals surface area contributed by atoms with E-state index in [1.165, 1.54) is 31.9 Å². The van der Waals surface area contributed by atoms with Crippen molar-refractivity contribution in [2.24, 2.45) is 5.92 Å². The van der Waals surface area contributed by atoms with Gasteiger partial charge in [-0.25, -0.2) is 4.79 Å². The van der Waals surface area contributed by atoms with Gasteiger partial charge in [0, 0.05) is 5.25 Å². The number of hydrogen-bond donors (Lipinski definition) is 1. The molecule has 1 N–H and O–H groups in total. The van der Waals surface area contributed by atoms with Crippen molar-refractivity contribution in [3.63, 3.8) is 0 Å². The summed E-state index contributed by atoms with van der Waals surface area (Å²) in [4.78, 5) is 10.7. The monoisotopic (exact) mass is 254 g/mol. The number of carboxylic acid groups (broad SMARTS) is 1. The minimum Gasteiger partial charge on any atom is -0.478 e. The summed E-state index contributed by atoms with van der Waals surface area (Å²) in [5.74, 6) is 1.46. The van der Waals surface area contributed by atoms with Crippen LogP contribution in [-0.4, -0.2) is 16.3 Å². The number of carbonyl (C=O) groups is 1. The number of hydrogen-bond acceptors (Lipinski definition) is 3. The van der Waals surface area contributed by atoms with Gasteiger partial charge in [-0.05, 0) is 24.8 Å². The molecule has 3 nitrogen and oxygen atoms in total. The first-order valence-electron chi connectivity index (χ1n) is 6.07. The molecule has 4 heteroatoms. The molecule has 0 saturated heterocycles. The van der Waals surface area contributed by atoms with Gasteiger partial charge in [0.05, 0.1) is 11.3 Å². The first kappa shape index (κ1) is 12.6. The van der Waals surface area contributed by atoms with E-state index < -0.39 is 5.97 Å². The standard InChI is InChI=1S/C13H18O3S/c1-9-3-2-4-12(5-9)17-8-11-6-10(7-16-11)13(14)15/h6-7,9,12H,2-5,8H2,1H3,(H,14,15). The Morgan fingerprint density at radius 3 is 3.06 bits per heavy atom. The largest absolute Gasteiger partial charge is 0.478 e. The Bertz CT molecular complexity index is 386. The van der Waals surface area contributed by atoms with Gasteiger partial charge in [0.1, 0.15) is 12.0 Å². The first-order valence-corrected chi connectivity index (χ1v) is 7.12. The van der Waals surface area contributed by atoms with E-state index in [9.17, 15) is 4.79 Å². The Hall–Kier alpha value is -0.900. The highest BCUT2D eigenvalue weighted by Gasteiger charge is 2.19. The zero-order valence-electron chi connectivity index (χ0n) is 10.0. The normalized spacial score (nSPS) is 24.8. The molecule has 94 valence electrons. The lowest BCUT2D eigenvalue weighted by molar-refractivity contribution is 0.0696. The van der Waals surface area contributed by atoms with Crippen LogP contribution in [0.5, 0.6) is 0 Å². The van der Waals surface area contributed by atoms with Gasteiger partial charge >= 0.3 is 5.97 Å². The second-order valence-corrected chi connectivity index (χ2v) is 6.10. The Kier molecular flexibility index (Phi) is 4.15. The van der Waals surface area contributed by atoms with Crippen molar-refractivity contribution >= 4 is 17.7 Å². The van der Waals surface area contributed by atoms with Gasteiger partial charge < -0.3 is 9.52 Å². The van der Waals surface area contributed by atoms with Gasteiger partial charge in [0.25, 0.3) is 0 Å². The number of carboxylic acids is 1. The lowest BCUT2D eigenvalue weighted by Crippen LogP contribution is -2.15. The number of rotatable bonds is 4. The Balaban J connectivity index is 1.82. The van der Waals surface area contributed by atoms with E-state index in [0.29, 0.717) is 5.25 Å². The highest BCUT2D eigenvalue weighted by atomic mass is 32.2. The molecular formula is C13H18O3S. The van der Waals surface area contributed by atoms with Crippen molar-refractivity contribution in [1.29, 1.82) is 0 Å². The second-order valence-electron chi connectivity index (χ2n) is 4.81. The van der Waals surface area contributed by atoms with Crippen LogP contribution in [0, 0.1) is 5.92 Å². The van der Waals surface area contributed by atoms with Crippen molar-refractivity contribution < 1.29 is 14.3 Å². The molecule has 1 heterocycles. The van der Waals surface area contributed by atoms with E-state index in [1.807, 2.05) is 11.8 Å². The van der Waals surface area contributed by atoms with Crippen LogP contribution in [0.3, 0.4) is 0 Å². The topological polar surface area (TPSA) is 50.4 Å². The maximum Gasteiger partial charge on any atom is 0.338 e. The third kappa shape index (κ3) is 3.53. The number of thioether (sulfide) groups is 1. The Labute approximate surface area is 106 Å². The third-order valence-electron chi connectivity index (χ3n) is 3.25. The predicted octanol–water partition coefficient (Wildman–Crippen LogP) is 3.79. The molecule has 1 aromatic rings. The molecule has 0 amide bonds. The predicted molar refractivity (Wildman–Crippen MR) is 68.4 cm³/mol. The van der Waals surface area contributed by atoms with Gasteiger partial charge in [0.15, 0.2) is 0 Å². The third-order valence-corrected chi connectivity index (χ3v) is 4.60. The Morgan fingerprint density at radius 2 is 2.41 bits per heavy atom. The summed E-state index contributed by atoms with van der Waals surface area (Å²) in [6.45, 7) is 2.31. The van der Waals surface area contributed by atoms with Gasteiger partial charge in [-0.3, -0.25) is 0 Å². The number of aromatic carboxylic acids is 1. The van der Waals surface area contributed by atoms with Crippen LogP contribution < -0.4 is 0 Å². The van der Waals surface area contributed by atoms with Crippen LogP contribution in [0.4, 0.5) is 0 Å². The summed E-state index contributed by atoms with van der Waals surface area (Å²) < 4.78 is 5.24. The quantitative estimate of drug-likeness (QED) is 0.888. The average Bonchev–Trinajstić information content (AvgIpc) is 2.75. The molecular weight excluding hydrogens is 236 g/mol. The summed E-state index contributed by atoms with van der Waals surface area (Å²) in [6.07, 6.45) is 6.54. The highest BCUT2D eigenvalue weighted by molar-refractivity contribution is 7.99. The maximum atomic E-state index is 10.7. The van der Waals surface area contributed by atoms with Crippen molar-refractivity contribution in [2.75, 3.05) is 0 Å². The molecule has 1 aromatic heterocycles. The second kappa shape index (κ2) is 5.63. The Morgan fingerprint density at radius 1 is 1.59 bits per heavy atom. The van der Waals surface area contributed by atoms with Crippen LogP contribution in [0.25, 0.3) is 0 Å². The summed E-state index contributed by atoms with van der Waals surface area (Å²) in [7, 11) is 0. The zero-order chi connectivity index (χ0) is 12.3. The van der Waals surface area contributed by atoms with E-state index >= 15 is 0 Å². The molecule has 0 aliphatic heterocycles. The molecule has 2 rings (SSSR count). The van der Waals surface area contributed by atoms with Crippen molar-refractivity contribution in [3.8, 4) is 0 Å². The molecule has 1 fully saturated rings. The summed E-state index contributed by atoms with van der Waals surface area (Å²) in [5, 5.41) is 9.49. The van der Waals surface area contributed by atoms with Crippen LogP contribution in [0.1, 0.15) is 48.7 Å². The molecule has 1 aliphatic rings. The zero-order valence-corrected chi connectivity index (χ0v) is 10.8. The fourth-order valence-corrected chi connectivity index (χ4v) is 3.65. The fourth-order valence-electron chi connectivity index (χ4n) is 2.30. The molecule has 2 unspecified atom stereocenters. The van der Waals surface area contributed by atoms with E-state index in [0.717, 1.165) is 17.4 Å². The van der Waals surface area contributed by atoms with Gasteiger partial charge in [-0.15, -0.1) is 0 Å². The van der Waals surface area contributed by atoms with Crippen molar-refractivity contribution in [2.45, 2.75) is 43.6 Å². The summed E-state index contributed by atoms with van der Waals surface area (Å²) in [6, 6.07) is 1.63. The van der Waals surface area contributed by atoms with Gasteiger partial charge in [0.2, 0.25) is 0 Å². The van der Waals surface area contributed by atoms with Crippen molar-refractivity contribution in [1.82, 2.24) is 0 Å². The molecule has 0 bridgehead atoms. The molecule has 17 heavy (non-hydrogen) atoms. The van der Waals surface area contributed by atoms with Gasteiger partial charge in [-0.1, -0.05) is 19.8 Å². The minimum atomic E-state index is -0.920. The molecule has 2 atom stereocenters.